The van der Waals surface area contributed by atoms with Crippen LogP contribution in [0, 0.1) is 5.92 Å². The molecule has 1 radical (unpaired) electrons. The maximum absolute atomic E-state index is 11.7. The molecule has 0 spiro atoms. The minimum absolute atomic E-state index is 0. The fourth-order valence-corrected chi connectivity index (χ4v) is 2.43. The van der Waals surface area contributed by atoms with Gasteiger partial charge in [0.2, 0.25) is 0 Å². The van der Waals surface area contributed by atoms with Gasteiger partial charge < -0.3 is 11.1 Å². The van der Waals surface area contributed by atoms with Crippen molar-refractivity contribution in [1.82, 2.24) is 5.32 Å². The van der Waals surface area contributed by atoms with E-state index in [0.717, 1.165) is 6.42 Å². The summed E-state index contributed by atoms with van der Waals surface area (Å²) in [4.78, 5) is 14.9. The summed E-state index contributed by atoms with van der Waals surface area (Å²) in [6.45, 7) is 7.38. The van der Waals surface area contributed by atoms with Gasteiger partial charge in [-0.3, -0.25) is 10.1 Å². The molecule has 161 valence electrons. The SMILES string of the molecule is CC(C)CCNC(=O)c1cc[n+](C[NH-])cc1.CCCC1=CCCC=C1.COO.[Y]. The molecule has 1 amide bonds. The van der Waals surface area contributed by atoms with Crippen molar-refractivity contribution >= 4 is 5.91 Å². The third-order valence-corrected chi connectivity index (χ3v) is 3.95. The van der Waals surface area contributed by atoms with Crippen LogP contribution in [-0.4, -0.2) is 24.8 Å². The quantitative estimate of drug-likeness (QED) is 0.330. The molecule has 7 heteroatoms. The molecule has 1 aromatic rings. The Kier molecular flexibility index (Phi) is 21.3. The first-order valence-electron chi connectivity index (χ1n) is 9.93. The minimum Gasteiger partial charge on any atom is -0.619 e. The van der Waals surface area contributed by atoms with Gasteiger partial charge in [-0.25, -0.2) is 9.45 Å². The van der Waals surface area contributed by atoms with E-state index in [9.17, 15) is 4.79 Å². The number of aromatic nitrogens is 1. The number of pyridine rings is 1. The molecule has 1 aromatic heterocycles. The van der Waals surface area contributed by atoms with Crippen molar-refractivity contribution in [2.24, 2.45) is 5.92 Å². The van der Waals surface area contributed by atoms with E-state index >= 15 is 0 Å². The zero-order chi connectivity index (χ0) is 21.2. The molecule has 29 heavy (non-hydrogen) atoms. The molecular weight excluding hydrogens is 443 g/mol. The Morgan fingerprint density at radius 3 is 2.38 bits per heavy atom. The van der Waals surface area contributed by atoms with Gasteiger partial charge in [0.1, 0.15) is 0 Å². The molecule has 1 aliphatic rings. The molecule has 0 saturated heterocycles. The van der Waals surface area contributed by atoms with E-state index in [1.54, 1.807) is 29.1 Å². The normalized spacial score (nSPS) is 11.9. The van der Waals surface area contributed by atoms with Gasteiger partial charge in [0.05, 0.1) is 19.3 Å². The molecule has 6 nitrogen and oxygen atoms in total. The van der Waals surface area contributed by atoms with Gasteiger partial charge in [0.25, 0.3) is 5.91 Å². The maximum atomic E-state index is 11.7. The van der Waals surface area contributed by atoms with Gasteiger partial charge in [-0.15, -0.1) is 0 Å². The summed E-state index contributed by atoms with van der Waals surface area (Å²) in [5.74, 6) is 0.555. The molecule has 2 rings (SSSR count). The Morgan fingerprint density at radius 1 is 1.31 bits per heavy atom. The molecular formula is C22H37N3O3Y. The molecule has 3 N–H and O–H groups in total. The zero-order valence-corrected chi connectivity index (χ0v) is 21.2. The van der Waals surface area contributed by atoms with Crippen LogP contribution in [0.3, 0.4) is 0 Å². The molecule has 0 saturated carbocycles. The molecule has 0 unspecified atom stereocenters. The first-order valence-corrected chi connectivity index (χ1v) is 9.93. The molecule has 0 bridgehead atoms. The van der Waals surface area contributed by atoms with E-state index in [1.807, 2.05) is 0 Å². The average Bonchev–Trinajstić information content (AvgIpc) is 2.70. The van der Waals surface area contributed by atoms with Gasteiger partial charge in [-0.1, -0.05) is 51.0 Å². The second-order valence-electron chi connectivity index (χ2n) is 6.89. The van der Waals surface area contributed by atoms with Crippen LogP contribution in [0.4, 0.5) is 0 Å². The summed E-state index contributed by atoms with van der Waals surface area (Å²) in [5, 5.41) is 9.94. The number of nitrogens with zero attached hydrogens (tertiary/aromatic N) is 1. The number of amides is 1. The van der Waals surface area contributed by atoms with Crippen molar-refractivity contribution in [3.63, 3.8) is 0 Å². The summed E-state index contributed by atoms with van der Waals surface area (Å²) >= 11 is 0. The predicted octanol–water partition coefficient (Wildman–Crippen LogP) is 4.93. The monoisotopic (exact) mass is 480 g/mol. The average molecular weight is 480 g/mol. The van der Waals surface area contributed by atoms with Gasteiger partial charge in [0.15, 0.2) is 12.4 Å². The van der Waals surface area contributed by atoms with Crippen molar-refractivity contribution in [3.05, 3.63) is 59.6 Å². The number of rotatable bonds is 7. The molecule has 1 heterocycles. The van der Waals surface area contributed by atoms with Gasteiger partial charge in [-0.2, -0.15) is 0 Å². The fraction of sp³-hybridized carbons (Fsp3) is 0.545. The van der Waals surface area contributed by atoms with E-state index in [2.05, 4.69) is 49.2 Å². The topological polar surface area (TPSA) is 86.2 Å². The van der Waals surface area contributed by atoms with E-state index < -0.39 is 0 Å². The molecule has 0 atom stereocenters. The van der Waals surface area contributed by atoms with Crippen LogP contribution >= 0.6 is 0 Å². The fourth-order valence-electron chi connectivity index (χ4n) is 2.43. The van der Waals surface area contributed by atoms with Crippen molar-refractivity contribution in [3.8, 4) is 0 Å². The summed E-state index contributed by atoms with van der Waals surface area (Å²) in [6, 6.07) is 3.47. The molecule has 0 aromatic carbocycles. The van der Waals surface area contributed by atoms with Gasteiger partial charge >= 0.3 is 0 Å². The van der Waals surface area contributed by atoms with Crippen LogP contribution < -0.4 is 9.88 Å². The van der Waals surface area contributed by atoms with Crippen molar-refractivity contribution in [2.75, 3.05) is 13.7 Å². The first-order chi connectivity index (χ1) is 13.5. The Hall–Kier alpha value is -0.916. The number of hydrogen-bond acceptors (Lipinski definition) is 3. The standard InChI is InChI=1S/C12H19N3O.C9H14.CH4O2.Y/c1-10(2)3-6-14-12(16)11-4-7-15(9-13)8-5-11;1-2-6-9-7-4-3-5-8-9;1-3-2;/h4-5,7-8,10,13H,3,6,9H2,1-2H3,(H,14,16);4,7-8H,2-3,5-6H2,1H3;2H,1H3;. The van der Waals surface area contributed by atoms with Gasteiger partial charge in [-0.05, 0) is 31.6 Å². The Bertz CT molecular complexity index is 587. The smallest absolute Gasteiger partial charge is 0.251 e. The molecule has 1 aliphatic carbocycles. The maximum Gasteiger partial charge on any atom is 0.251 e. The summed E-state index contributed by atoms with van der Waals surface area (Å²) in [6.07, 6.45) is 16.4. The van der Waals surface area contributed by atoms with Crippen molar-refractivity contribution in [2.45, 2.75) is 59.5 Å². The number of hydrogen-bond donors (Lipinski definition) is 2. The Labute approximate surface area is 201 Å². The van der Waals surface area contributed by atoms with Gasteiger partial charge in [0, 0.05) is 51.4 Å². The second kappa shape index (κ2) is 20.4. The number of carbonyl (C=O) groups is 1. The van der Waals surface area contributed by atoms with Crippen LogP contribution in [0.25, 0.3) is 5.73 Å². The van der Waals surface area contributed by atoms with Crippen LogP contribution in [0.1, 0.15) is 63.2 Å². The van der Waals surface area contributed by atoms with Crippen LogP contribution in [0.5, 0.6) is 0 Å². The van der Waals surface area contributed by atoms with E-state index in [-0.39, 0.29) is 45.3 Å². The number of allylic oxidation sites excluding steroid dienone is 4. The van der Waals surface area contributed by atoms with E-state index in [4.69, 9.17) is 11.0 Å². The van der Waals surface area contributed by atoms with Crippen molar-refractivity contribution in [1.29, 1.82) is 0 Å². The number of carbonyl (C=O) groups excluding carboxylic acids is 1. The minimum atomic E-state index is -0.0437. The predicted molar refractivity (Wildman–Crippen MR) is 114 cm³/mol. The van der Waals surface area contributed by atoms with Crippen LogP contribution in [-0.2, 0) is 44.3 Å². The van der Waals surface area contributed by atoms with Crippen LogP contribution in [0.2, 0.25) is 0 Å². The number of nitrogens with one attached hydrogen (secondary N) is 2. The van der Waals surface area contributed by atoms with E-state index in [0.29, 0.717) is 18.0 Å². The summed E-state index contributed by atoms with van der Waals surface area (Å²) in [5.41, 5.74) is 9.32. The summed E-state index contributed by atoms with van der Waals surface area (Å²) in [7, 11) is 1.18. The first kappa shape index (κ1) is 30.3. The molecule has 0 aliphatic heterocycles. The van der Waals surface area contributed by atoms with Crippen LogP contribution in [0.15, 0.2) is 48.3 Å². The Balaban J connectivity index is 0. The summed E-state index contributed by atoms with van der Waals surface area (Å²) < 4.78 is 1.70. The zero-order valence-electron chi connectivity index (χ0n) is 18.4. The van der Waals surface area contributed by atoms with E-state index in [1.165, 1.54) is 38.4 Å². The molecule has 0 fully saturated rings. The third-order valence-electron chi connectivity index (χ3n) is 3.95. The third kappa shape index (κ3) is 16.6. The largest absolute Gasteiger partial charge is 0.619 e. The second-order valence-corrected chi connectivity index (χ2v) is 6.89. The van der Waals surface area contributed by atoms with Crippen molar-refractivity contribution < 1.29 is 52.2 Å². The Morgan fingerprint density at radius 2 is 1.93 bits per heavy atom.